The van der Waals surface area contributed by atoms with Gasteiger partial charge in [-0.3, -0.25) is 4.79 Å². The number of likely N-dealkylation sites (N-methyl/N-ethyl adjacent to an activating group) is 1. The molecule has 1 aromatic rings. The molecule has 7 heteroatoms. The van der Waals surface area contributed by atoms with Crippen LogP contribution in [0.15, 0.2) is 23.2 Å². The van der Waals surface area contributed by atoms with Crippen molar-refractivity contribution < 1.29 is 14.3 Å². The fourth-order valence-corrected chi connectivity index (χ4v) is 4.79. The van der Waals surface area contributed by atoms with Crippen molar-refractivity contribution in [3.63, 3.8) is 0 Å². The molecule has 2 saturated carbocycles. The lowest BCUT2D eigenvalue weighted by molar-refractivity contribution is -0.127. The van der Waals surface area contributed by atoms with Gasteiger partial charge >= 0.3 is 0 Å². The summed E-state index contributed by atoms with van der Waals surface area (Å²) in [5.74, 6) is 4.24. The number of nitrogens with zero attached hydrogens (tertiary/aromatic N) is 2. The third kappa shape index (κ3) is 6.28. The average Bonchev–Trinajstić information content (AvgIpc) is 3.38. The van der Waals surface area contributed by atoms with E-state index in [2.05, 4.69) is 28.6 Å². The van der Waals surface area contributed by atoms with Gasteiger partial charge in [0.15, 0.2) is 17.5 Å². The number of hydrogen-bond acceptors (Lipinski definition) is 4. The lowest BCUT2D eigenvalue weighted by Crippen LogP contribution is -2.47. The van der Waals surface area contributed by atoms with Gasteiger partial charge in [0, 0.05) is 26.7 Å². The smallest absolute Gasteiger partial charge is 0.243 e. The number of amides is 1. The van der Waals surface area contributed by atoms with Crippen LogP contribution in [-0.2, 0) is 11.2 Å². The predicted molar refractivity (Wildman–Crippen MR) is 124 cm³/mol. The van der Waals surface area contributed by atoms with Crippen LogP contribution < -0.4 is 20.1 Å². The Hall–Kier alpha value is -2.44. The van der Waals surface area contributed by atoms with Crippen LogP contribution >= 0.6 is 0 Å². The van der Waals surface area contributed by atoms with Gasteiger partial charge < -0.3 is 25.0 Å². The predicted octanol–water partition coefficient (Wildman–Crippen LogP) is 2.69. The van der Waals surface area contributed by atoms with E-state index in [1.54, 1.807) is 33.2 Å². The summed E-state index contributed by atoms with van der Waals surface area (Å²) in [6, 6.07) is 6.54. The number of methoxy groups -OCH3 is 2. The Balaban J connectivity index is 1.58. The molecule has 0 aromatic heterocycles. The first kappa shape index (κ1) is 23.2. The maximum Gasteiger partial charge on any atom is 0.243 e. The van der Waals surface area contributed by atoms with Crippen molar-refractivity contribution in [3.8, 4) is 11.5 Å². The second-order valence-electron chi connectivity index (χ2n) is 9.26. The van der Waals surface area contributed by atoms with Gasteiger partial charge in [-0.25, -0.2) is 4.99 Å². The Morgan fingerprint density at radius 1 is 1.19 bits per heavy atom. The van der Waals surface area contributed by atoms with Crippen molar-refractivity contribution in [2.75, 3.05) is 41.4 Å². The summed E-state index contributed by atoms with van der Waals surface area (Å²) in [6.07, 6.45) is 6.13. The number of fused-ring (bicyclic) bond motifs is 2. The Bertz CT molecular complexity index is 780. The number of hydrogen-bond donors (Lipinski definition) is 2. The number of rotatable bonds is 9. The number of ether oxygens (including phenoxy) is 2. The van der Waals surface area contributed by atoms with Gasteiger partial charge in [0.05, 0.1) is 14.2 Å². The first-order valence-corrected chi connectivity index (χ1v) is 11.4. The number of benzene rings is 1. The number of aliphatic imine (C=N–C) groups is 1. The number of guanidine groups is 1. The zero-order chi connectivity index (χ0) is 22.4. The maximum atomic E-state index is 12.0. The van der Waals surface area contributed by atoms with E-state index < -0.39 is 0 Å². The van der Waals surface area contributed by atoms with E-state index in [0.29, 0.717) is 12.0 Å². The summed E-state index contributed by atoms with van der Waals surface area (Å²) >= 11 is 0. The van der Waals surface area contributed by atoms with E-state index in [1.807, 2.05) is 12.1 Å². The standard InChI is InChI=1S/C24H38N4O3/c1-16(10-17-7-9-21(30-4)22(13-17)31-5)14-25-24(26-15-23(29)28(2)3)27-20-12-18-6-8-19(20)11-18/h7,9,13,16,18-20H,6,8,10-12,14-15H2,1-5H3,(H2,25,26,27). The Labute approximate surface area is 186 Å². The van der Waals surface area contributed by atoms with Crippen molar-refractivity contribution >= 4 is 11.9 Å². The van der Waals surface area contributed by atoms with Crippen molar-refractivity contribution in [2.45, 2.75) is 45.1 Å². The molecule has 0 heterocycles. The third-order valence-corrected chi connectivity index (χ3v) is 6.58. The quantitative estimate of drug-likeness (QED) is 0.465. The first-order valence-electron chi connectivity index (χ1n) is 11.4. The maximum absolute atomic E-state index is 12.0. The average molecular weight is 431 g/mol. The molecular formula is C24H38N4O3. The molecule has 4 atom stereocenters. The fourth-order valence-electron chi connectivity index (χ4n) is 4.79. The van der Waals surface area contributed by atoms with E-state index in [-0.39, 0.29) is 12.5 Å². The Kier molecular flexibility index (Phi) is 8.04. The van der Waals surface area contributed by atoms with Crippen LogP contribution in [0.25, 0.3) is 0 Å². The minimum Gasteiger partial charge on any atom is -0.493 e. The molecule has 0 radical (unpaired) electrons. The molecule has 7 nitrogen and oxygen atoms in total. The molecule has 0 aliphatic heterocycles. The van der Waals surface area contributed by atoms with Crippen LogP contribution in [0.3, 0.4) is 0 Å². The van der Waals surface area contributed by atoms with Gasteiger partial charge in [0.25, 0.3) is 0 Å². The highest BCUT2D eigenvalue weighted by molar-refractivity contribution is 5.85. The van der Waals surface area contributed by atoms with Gasteiger partial charge in [-0.1, -0.05) is 19.4 Å². The van der Waals surface area contributed by atoms with Crippen LogP contribution in [-0.4, -0.2) is 64.2 Å². The zero-order valence-electron chi connectivity index (χ0n) is 19.6. The first-order chi connectivity index (χ1) is 14.9. The Morgan fingerprint density at radius 3 is 2.58 bits per heavy atom. The second kappa shape index (κ2) is 10.7. The highest BCUT2D eigenvalue weighted by atomic mass is 16.5. The van der Waals surface area contributed by atoms with Crippen molar-refractivity contribution in [2.24, 2.45) is 22.7 Å². The Morgan fingerprint density at radius 2 is 1.97 bits per heavy atom. The van der Waals surface area contributed by atoms with Crippen LogP contribution in [0, 0.1) is 17.8 Å². The summed E-state index contributed by atoms with van der Waals surface area (Å²) in [5.41, 5.74) is 1.20. The molecule has 0 saturated heterocycles. The molecule has 2 bridgehead atoms. The van der Waals surface area contributed by atoms with Crippen LogP contribution in [0.4, 0.5) is 0 Å². The summed E-state index contributed by atoms with van der Waals surface area (Å²) in [6.45, 7) is 3.15. The summed E-state index contributed by atoms with van der Waals surface area (Å²) < 4.78 is 10.8. The summed E-state index contributed by atoms with van der Waals surface area (Å²) in [5, 5.41) is 7.11. The van der Waals surface area contributed by atoms with Gasteiger partial charge in [0.1, 0.15) is 6.54 Å². The second-order valence-corrected chi connectivity index (χ2v) is 9.26. The van der Waals surface area contributed by atoms with Crippen molar-refractivity contribution in [1.29, 1.82) is 0 Å². The van der Waals surface area contributed by atoms with E-state index in [9.17, 15) is 4.79 Å². The van der Waals surface area contributed by atoms with Gasteiger partial charge in [-0.05, 0) is 61.1 Å². The van der Waals surface area contributed by atoms with Gasteiger partial charge in [-0.2, -0.15) is 0 Å². The molecule has 0 spiro atoms. The molecule has 172 valence electrons. The van der Waals surface area contributed by atoms with E-state index in [0.717, 1.165) is 42.3 Å². The largest absolute Gasteiger partial charge is 0.493 e. The lowest BCUT2D eigenvalue weighted by atomic mass is 9.95. The highest BCUT2D eigenvalue weighted by Gasteiger charge is 2.39. The molecule has 2 aliphatic carbocycles. The van der Waals surface area contributed by atoms with Gasteiger partial charge in [-0.15, -0.1) is 0 Å². The SMILES string of the molecule is COc1ccc(CC(C)CNC(=NCC(=O)N(C)C)NC2CC3CCC2C3)cc1OC. The third-order valence-electron chi connectivity index (χ3n) is 6.58. The van der Waals surface area contributed by atoms with E-state index >= 15 is 0 Å². The number of nitrogens with one attached hydrogen (secondary N) is 2. The van der Waals surface area contributed by atoms with E-state index in [1.165, 1.54) is 31.2 Å². The fraction of sp³-hybridized carbons (Fsp3) is 0.667. The molecule has 31 heavy (non-hydrogen) atoms. The minimum atomic E-state index is 0.00687. The highest BCUT2D eigenvalue weighted by Crippen LogP contribution is 2.44. The molecule has 2 N–H and O–H groups in total. The minimum absolute atomic E-state index is 0.00687. The monoisotopic (exact) mass is 430 g/mol. The molecule has 2 fully saturated rings. The van der Waals surface area contributed by atoms with Gasteiger partial charge in [0.2, 0.25) is 5.91 Å². The number of carbonyl (C=O) groups is 1. The molecule has 3 rings (SSSR count). The topological polar surface area (TPSA) is 75.2 Å². The summed E-state index contributed by atoms with van der Waals surface area (Å²) in [4.78, 5) is 18.2. The zero-order valence-corrected chi connectivity index (χ0v) is 19.6. The molecule has 1 amide bonds. The van der Waals surface area contributed by atoms with Crippen molar-refractivity contribution in [3.05, 3.63) is 23.8 Å². The lowest BCUT2D eigenvalue weighted by Gasteiger charge is -2.26. The van der Waals surface area contributed by atoms with Crippen LogP contribution in [0.5, 0.6) is 11.5 Å². The van der Waals surface area contributed by atoms with Crippen LogP contribution in [0.1, 0.15) is 38.2 Å². The van der Waals surface area contributed by atoms with Crippen LogP contribution in [0.2, 0.25) is 0 Å². The molecular weight excluding hydrogens is 392 g/mol. The van der Waals surface area contributed by atoms with Crippen molar-refractivity contribution in [1.82, 2.24) is 15.5 Å². The molecule has 1 aromatic carbocycles. The summed E-state index contributed by atoms with van der Waals surface area (Å²) in [7, 11) is 6.83. The normalized spacial score (nSPS) is 23.4. The molecule has 2 aliphatic rings. The molecule has 4 unspecified atom stereocenters. The van der Waals surface area contributed by atoms with E-state index in [4.69, 9.17) is 9.47 Å². The number of carbonyl (C=O) groups excluding carboxylic acids is 1.